The Labute approximate surface area is 123 Å². The van der Waals surface area contributed by atoms with Crippen molar-refractivity contribution in [2.75, 3.05) is 27.2 Å². The molecule has 0 aromatic carbocycles. The molecule has 0 radical (unpaired) electrons. The predicted octanol–water partition coefficient (Wildman–Crippen LogP) is 0.112. The summed E-state index contributed by atoms with van der Waals surface area (Å²) in [7, 11) is -0.621. The zero-order valence-corrected chi connectivity index (χ0v) is 13.2. The van der Waals surface area contributed by atoms with E-state index in [4.69, 9.17) is 4.74 Å². The standard InChI is InChI=1S/C12H20N4O4S/c1-4-15(2)21(18,19)16-7-5-6-9(16)11-13-8-10(20-3)12(17)14-11/h8-9H,4-7H2,1-3H3,(H,13,14,17). The predicted molar refractivity (Wildman–Crippen MR) is 77.3 cm³/mol. The molecule has 118 valence electrons. The number of methoxy groups -OCH3 is 1. The molecule has 0 bridgehead atoms. The zero-order valence-electron chi connectivity index (χ0n) is 12.4. The van der Waals surface area contributed by atoms with Crippen LogP contribution in [0.1, 0.15) is 31.6 Å². The average Bonchev–Trinajstić information content (AvgIpc) is 2.96. The number of aromatic nitrogens is 2. The molecule has 9 heteroatoms. The first-order valence-corrected chi connectivity index (χ1v) is 8.17. The lowest BCUT2D eigenvalue weighted by atomic mass is 10.2. The second-order valence-corrected chi connectivity index (χ2v) is 6.84. The fraction of sp³-hybridized carbons (Fsp3) is 0.667. The van der Waals surface area contributed by atoms with Crippen LogP contribution in [0.4, 0.5) is 0 Å². The third kappa shape index (κ3) is 2.94. The molecular weight excluding hydrogens is 296 g/mol. The van der Waals surface area contributed by atoms with Gasteiger partial charge < -0.3 is 9.72 Å². The van der Waals surface area contributed by atoms with Crippen LogP contribution in [0.15, 0.2) is 11.0 Å². The molecule has 1 atom stereocenters. The first-order valence-electron chi connectivity index (χ1n) is 6.78. The molecule has 2 heterocycles. The van der Waals surface area contributed by atoms with Crippen LogP contribution in [-0.2, 0) is 10.2 Å². The second-order valence-electron chi connectivity index (χ2n) is 4.86. The van der Waals surface area contributed by atoms with E-state index >= 15 is 0 Å². The highest BCUT2D eigenvalue weighted by Crippen LogP contribution is 2.32. The van der Waals surface area contributed by atoms with Crippen molar-refractivity contribution in [1.29, 1.82) is 0 Å². The summed E-state index contributed by atoms with van der Waals surface area (Å²) in [6, 6.07) is -0.442. The van der Waals surface area contributed by atoms with Crippen molar-refractivity contribution in [3.8, 4) is 5.75 Å². The summed E-state index contributed by atoms with van der Waals surface area (Å²) in [5.74, 6) is 0.461. The van der Waals surface area contributed by atoms with Crippen molar-refractivity contribution in [2.24, 2.45) is 0 Å². The summed E-state index contributed by atoms with van der Waals surface area (Å²) in [5.41, 5.74) is -0.407. The van der Waals surface area contributed by atoms with Gasteiger partial charge in [0.1, 0.15) is 5.82 Å². The summed E-state index contributed by atoms with van der Waals surface area (Å²) in [6.07, 6.45) is 2.68. The van der Waals surface area contributed by atoms with Crippen LogP contribution >= 0.6 is 0 Å². The summed E-state index contributed by atoms with van der Waals surface area (Å²) in [6.45, 7) is 2.58. The van der Waals surface area contributed by atoms with Gasteiger partial charge in [-0.3, -0.25) is 4.79 Å². The average molecular weight is 316 g/mol. The minimum atomic E-state index is -3.54. The van der Waals surface area contributed by atoms with Gasteiger partial charge in [0, 0.05) is 20.1 Å². The topological polar surface area (TPSA) is 95.6 Å². The van der Waals surface area contributed by atoms with Crippen molar-refractivity contribution in [2.45, 2.75) is 25.8 Å². The quantitative estimate of drug-likeness (QED) is 0.832. The number of aromatic amines is 1. The summed E-state index contributed by atoms with van der Waals surface area (Å²) in [4.78, 5) is 18.5. The Kier molecular flexibility index (Phi) is 4.64. The maximum Gasteiger partial charge on any atom is 0.293 e. The molecule has 0 spiro atoms. The largest absolute Gasteiger partial charge is 0.490 e. The Hall–Kier alpha value is -1.45. The van der Waals surface area contributed by atoms with Gasteiger partial charge >= 0.3 is 0 Å². The molecule has 1 N–H and O–H groups in total. The van der Waals surface area contributed by atoms with Crippen molar-refractivity contribution in [1.82, 2.24) is 18.6 Å². The molecule has 2 rings (SSSR count). The van der Waals surface area contributed by atoms with Gasteiger partial charge in [0.15, 0.2) is 0 Å². The van der Waals surface area contributed by atoms with Crippen molar-refractivity contribution in [3.05, 3.63) is 22.4 Å². The molecule has 1 fully saturated rings. The number of nitrogens with one attached hydrogen (secondary N) is 1. The van der Waals surface area contributed by atoms with Gasteiger partial charge in [0.05, 0.1) is 19.3 Å². The number of nitrogens with zero attached hydrogens (tertiary/aromatic N) is 3. The third-order valence-electron chi connectivity index (χ3n) is 3.66. The highest BCUT2D eigenvalue weighted by Gasteiger charge is 2.38. The number of H-pyrrole nitrogens is 1. The highest BCUT2D eigenvalue weighted by atomic mass is 32.2. The normalized spacial score (nSPS) is 20.1. The van der Waals surface area contributed by atoms with E-state index in [1.807, 2.05) is 0 Å². The molecule has 0 saturated carbocycles. The lowest BCUT2D eigenvalue weighted by molar-refractivity contribution is 0.341. The Balaban J connectivity index is 2.35. The molecule has 1 aliphatic rings. The van der Waals surface area contributed by atoms with Crippen LogP contribution in [0.5, 0.6) is 5.75 Å². The van der Waals surface area contributed by atoms with E-state index in [2.05, 4.69) is 9.97 Å². The van der Waals surface area contributed by atoms with Crippen LogP contribution in [0, 0.1) is 0 Å². The number of hydrogen-bond acceptors (Lipinski definition) is 5. The fourth-order valence-electron chi connectivity index (χ4n) is 2.34. The number of hydrogen-bond donors (Lipinski definition) is 1. The van der Waals surface area contributed by atoms with E-state index < -0.39 is 21.8 Å². The molecule has 1 aromatic rings. The minimum absolute atomic E-state index is 0.108. The fourth-order valence-corrected chi connectivity index (χ4v) is 3.91. The molecule has 1 aliphatic heterocycles. The molecule has 1 saturated heterocycles. The molecular formula is C12H20N4O4S. The molecule has 0 aliphatic carbocycles. The van der Waals surface area contributed by atoms with E-state index in [0.29, 0.717) is 25.3 Å². The number of ether oxygens (including phenoxy) is 1. The Morgan fingerprint density at radius 3 is 2.86 bits per heavy atom. The minimum Gasteiger partial charge on any atom is -0.490 e. The van der Waals surface area contributed by atoms with E-state index in [1.54, 1.807) is 6.92 Å². The van der Waals surface area contributed by atoms with Crippen molar-refractivity contribution >= 4 is 10.2 Å². The highest BCUT2D eigenvalue weighted by molar-refractivity contribution is 7.86. The summed E-state index contributed by atoms with van der Waals surface area (Å²) >= 11 is 0. The Morgan fingerprint density at radius 2 is 2.29 bits per heavy atom. The van der Waals surface area contributed by atoms with Gasteiger partial charge in [-0.15, -0.1) is 0 Å². The first kappa shape index (κ1) is 15.9. The summed E-state index contributed by atoms with van der Waals surface area (Å²) in [5, 5.41) is 0. The summed E-state index contributed by atoms with van der Waals surface area (Å²) < 4.78 is 32.5. The van der Waals surface area contributed by atoms with Gasteiger partial charge in [-0.05, 0) is 12.8 Å². The van der Waals surface area contributed by atoms with Gasteiger partial charge in [0.2, 0.25) is 5.75 Å². The second kappa shape index (κ2) is 6.12. The third-order valence-corrected chi connectivity index (χ3v) is 5.74. The van der Waals surface area contributed by atoms with Gasteiger partial charge in [-0.25, -0.2) is 4.98 Å². The van der Waals surface area contributed by atoms with Crippen molar-refractivity contribution in [3.63, 3.8) is 0 Å². The van der Waals surface area contributed by atoms with Crippen molar-refractivity contribution < 1.29 is 13.2 Å². The van der Waals surface area contributed by atoms with Crippen LogP contribution in [0.25, 0.3) is 0 Å². The smallest absolute Gasteiger partial charge is 0.293 e. The Bertz CT molecular complexity index is 657. The lowest BCUT2D eigenvalue weighted by Gasteiger charge is -2.27. The number of rotatable bonds is 5. The molecule has 0 amide bonds. The monoisotopic (exact) mass is 316 g/mol. The first-order chi connectivity index (χ1) is 9.91. The SMILES string of the molecule is CCN(C)S(=O)(=O)N1CCCC1c1ncc(OC)c(=O)[nH]1. The molecule has 8 nitrogen and oxygen atoms in total. The zero-order chi connectivity index (χ0) is 15.6. The van der Waals surface area contributed by atoms with Crippen LogP contribution in [-0.4, -0.2) is 54.2 Å². The van der Waals surface area contributed by atoms with E-state index in [0.717, 1.165) is 6.42 Å². The van der Waals surface area contributed by atoms with Crippen LogP contribution in [0.3, 0.4) is 0 Å². The molecule has 21 heavy (non-hydrogen) atoms. The van der Waals surface area contributed by atoms with Crippen LogP contribution in [0.2, 0.25) is 0 Å². The molecule has 1 unspecified atom stereocenters. The maximum absolute atomic E-state index is 12.5. The van der Waals surface area contributed by atoms with Gasteiger partial charge in [-0.2, -0.15) is 17.0 Å². The van der Waals surface area contributed by atoms with Crippen LogP contribution < -0.4 is 10.3 Å². The molecule has 1 aromatic heterocycles. The Morgan fingerprint density at radius 1 is 1.57 bits per heavy atom. The van der Waals surface area contributed by atoms with Gasteiger partial charge in [0.25, 0.3) is 15.8 Å². The van der Waals surface area contributed by atoms with E-state index in [9.17, 15) is 13.2 Å². The van der Waals surface area contributed by atoms with Gasteiger partial charge in [-0.1, -0.05) is 6.92 Å². The van der Waals surface area contributed by atoms with E-state index in [1.165, 1.54) is 29.0 Å². The maximum atomic E-state index is 12.5. The van der Waals surface area contributed by atoms with E-state index in [-0.39, 0.29) is 5.75 Å². The lowest BCUT2D eigenvalue weighted by Crippen LogP contribution is -2.42.